The lowest BCUT2D eigenvalue weighted by atomic mass is 10.0. The summed E-state index contributed by atoms with van der Waals surface area (Å²) in [6, 6.07) is 14.5. The largest absolute Gasteiger partial charge is 0.383 e. The summed E-state index contributed by atoms with van der Waals surface area (Å²) in [4.78, 5) is 9.32. The fraction of sp³-hybridized carbons (Fsp3) is 0.304. The SMILES string of the molecule is COCCNS(=O)(=O)c1ccc(CNc2nc(C)nc(C)c2Cc2ccc(Cl)cc2)cc1. The van der Waals surface area contributed by atoms with Crippen LogP contribution in [0.4, 0.5) is 5.82 Å². The minimum absolute atomic E-state index is 0.217. The van der Waals surface area contributed by atoms with Gasteiger partial charge < -0.3 is 10.1 Å². The second-order valence-corrected chi connectivity index (χ2v) is 9.58. The molecule has 2 aromatic carbocycles. The molecule has 0 atom stereocenters. The van der Waals surface area contributed by atoms with Crippen LogP contribution in [0.15, 0.2) is 53.4 Å². The molecule has 7 nitrogen and oxygen atoms in total. The molecule has 0 aliphatic heterocycles. The maximum absolute atomic E-state index is 12.3. The third kappa shape index (κ3) is 6.49. The number of hydrogen-bond donors (Lipinski definition) is 2. The third-order valence-electron chi connectivity index (χ3n) is 4.91. The first-order valence-corrected chi connectivity index (χ1v) is 12.0. The summed E-state index contributed by atoms with van der Waals surface area (Å²) in [5.74, 6) is 1.45. The van der Waals surface area contributed by atoms with E-state index < -0.39 is 10.0 Å². The molecule has 0 fully saturated rings. The van der Waals surface area contributed by atoms with Gasteiger partial charge in [0.1, 0.15) is 11.6 Å². The predicted octanol–water partition coefficient (Wildman–Crippen LogP) is 3.87. The van der Waals surface area contributed by atoms with Gasteiger partial charge in [-0.25, -0.2) is 23.1 Å². The molecular weight excluding hydrogens is 448 g/mol. The fourth-order valence-electron chi connectivity index (χ4n) is 3.23. The highest BCUT2D eigenvalue weighted by atomic mass is 35.5. The summed E-state index contributed by atoms with van der Waals surface area (Å²) in [6.07, 6.45) is 0.677. The monoisotopic (exact) mass is 474 g/mol. The zero-order valence-corrected chi connectivity index (χ0v) is 19.9. The second kappa shape index (κ2) is 10.9. The zero-order valence-electron chi connectivity index (χ0n) is 18.4. The average molecular weight is 475 g/mol. The average Bonchev–Trinajstić information content (AvgIpc) is 2.76. The molecule has 0 amide bonds. The lowest BCUT2D eigenvalue weighted by molar-refractivity contribution is 0.204. The zero-order chi connectivity index (χ0) is 23.1. The molecule has 0 aliphatic rings. The molecule has 3 rings (SSSR count). The Morgan fingerprint density at radius 3 is 2.28 bits per heavy atom. The van der Waals surface area contributed by atoms with Crippen molar-refractivity contribution < 1.29 is 13.2 Å². The van der Waals surface area contributed by atoms with Crippen LogP contribution in [0.3, 0.4) is 0 Å². The molecule has 170 valence electrons. The van der Waals surface area contributed by atoms with Crippen LogP contribution < -0.4 is 10.0 Å². The molecule has 1 aromatic heterocycles. The topological polar surface area (TPSA) is 93.2 Å². The van der Waals surface area contributed by atoms with Gasteiger partial charge in [0, 0.05) is 42.9 Å². The van der Waals surface area contributed by atoms with Gasteiger partial charge in [0.15, 0.2) is 0 Å². The van der Waals surface area contributed by atoms with E-state index in [1.807, 2.05) is 38.1 Å². The number of nitrogens with zero attached hydrogens (tertiary/aromatic N) is 2. The first-order chi connectivity index (χ1) is 15.3. The van der Waals surface area contributed by atoms with Gasteiger partial charge in [0.05, 0.1) is 11.5 Å². The third-order valence-corrected chi connectivity index (χ3v) is 6.64. The van der Waals surface area contributed by atoms with Crippen molar-refractivity contribution in [1.29, 1.82) is 0 Å². The van der Waals surface area contributed by atoms with Crippen LogP contribution in [0, 0.1) is 13.8 Å². The van der Waals surface area contributed by atoms with Crippen molar-refractivity contribution >= 4 is 27.4 Å². The van der Waals surface area contributed by atoms with Crippen LogP contribution in [0.2, 0.25) is 5.02 Å². The molecule has 0 spiro atoms. The normalized spacial score (nSPS) is 11.5. The standard InChI is InChI=1S/C23H27ClN4O3S/c1-16-22(14-18-4-8-20(24)9-5-18)23(28-17(2)27-16)25-15-19-6-10-21(11-7-19)32(29,30)26-12-13-31-3/h4-11,26H,12-15H2,1-3H3,(H,25,27,28). The van der Waals surface area contributed by atoms with Gasteiger partial charge in [-0.3, -0.25) is 0 Å². The number of benzene rings is 2. The molecule has 2 N–H and O–H groups in total. The van der Waals surface area contributed by atoms with E-state index in [9.17, 15) is 8.42 Å². The van der Waals surface area contributed by atoms with Crippen molar-refractivity contribution in [2.75, 3.05) is 25.6 Å². The quantitative estimate of drug-likeness (QED) is 0.433. The number of ether oxygens (including phenoxy) is 1. The summed E-state index contributed by atoms with van der Waals surface area (Å²) in [7, 11) is -2.03. The van der Waals surface area contributed by atoms with Crippen LogP contribution in [0.25, 0.3) is 0 Å². The molecule has 9 heteroatoms. The van der Waals surface area contributed by atoms with E-state index >= 15 is 0 Å². The number of methoxy groups -OCH3 is 1. The number of aromatic nitrogens is 2. The lowest BCUT2D eigenvalue weighted by Crippen LogP contribution is -2.27. The Morgan fingerprint density at radius 2 is 1.62 bits per heavy atom. The summed E-state index contributed by atoms with van der Waals surface area (Å²) < 4.78 is 32.0. The van der Waals surface area contributed by atoms with Crippen molar-refractivity contribution in [3.8, 4) is 0 Å². The van der Waals surface area contributed by atoms with E-state index in [0.717, 1.165) is 28.2 Å². The second-order valence-electron chi connectivity index (χ2n) is 7.37. The summed E-state index contributed by atoms with van der Waals surface area (Å²) in [6.45, 7) is 4.88. The Bertz CT molecular complexity index is 1150. The maximum Gasteiger partial charge on any atom is 0.240 e. The van der Waals surface area contributed by atoms with Gasteiger partial charge in [-0.15, -0.1) is 0 Å². The Balaban J connectivity index is 1.73. The number of rotatable bonds is 10. The van der Waals surface area contributed by atoms with Crippen LogP contribution >= 0.6 is 11.6 Å². The van der Waals surface area contributed by atoms with Crippen molar-refractivity contribution in [2.45, 2.75) is 31.7 Å². The van der Waals surface area contributed by atoms with E-state index in [1.165, 1.54) is 7.11 Å². The predicted molar refractivity (Wildman–Crippen MR) is 127 cm³/mol. The molecule has 0 saturated carbocycles. The maximum atomic E-state index is 12.3. The van der Waals surface area contributed by atoms with Crippen molar-refractivity contribution in [2.24, 2.45) is 0 Å². The Morgan fingerprint density at radius 1 is 0.969 bits per heavy atom. The Kier molecular flexibility index (Phi) is 8.20. The van der Waals surface area contributed by atoms with Crippen molar-refractivity contribution in [3.05, 3.63) is 81.8 Å². The number of aryl methyl sites for hydroxylation is 2. The number of nitrogens with one attached hydrogen (secondary N) is 2. The molecule has 3 aromatic rings. The summed E-state index contributed by atoms with van der Waals surface area (Å²) in [5, 5.41) is 4.08. The summed E-state index contributed by atoms with van der Waals surface area (Å²) in [5.41, 5.74) is 3.98. The van der Waals surface area contributed by atoms with Gasteiger partial charge in [0.25, 0.3) is 0 Å². The molecule has 0 saturated heterocycles. The highest BCUT2D eigenvalue weighted by Gasteiger charge is 2.14. The number of sulfonamides is 1. The van der Waals surface area contributed by atoms with Crippen LogP contribution in [0.5, 0.6) is 0 Å². The minimum Gasteiger partial charge on any atom is -0.383 e. The van der Waals surface area contributed by atoms with Crippen molar-refractivity contribution in [3.63, 3.8) is 0 Å². The van der Waals surface area contributed by atoms with E-state index in [-0.39, 0.29) is 11.4 Å². The number of halogens is 1. The van der Waals surface area contributed by atoms with Crippen LogP contribution in [0.1, 0.15) is 28.2 Å². The van der Waals surface area contributed by atoms with Crippen molar-refractivity contribution in [1.82, 2.24) is 14.7 Å². The van der Waals surface area contributed by atoms with Gasteiger partial charge in [-0.2, -0.15) is 0 Å². The number of anilines is 1. The summed E-state index contributed by atoms with van der Waals surface area (Å²) >= 11 is 6.00. The molecule has 0 aliphatic carbocycles. The molecule has 32 heavy (non-hydrogen) atoms. The van der Waals surface area contributed by atoms with Gasteiger partial charge in [-0.05, 0) is 49.2 Å². The first kappa shape index (κ1) is 24.1. The Labute approximate surface area is 194 Å². The molecular formula is C23H27ClN4O3S. The molecule has 0 radical (unpaired) electrons. The van der Waals surface area contributed by atoms with Crippen LogP contribution in [-0.4, -0.2) is 38.6 Å². The van der Waals surface area contributed by atoms with E-state index in [0.29, 0.717) is 30.4 Å². The molecule has 1 heterocycles. The lowest BCUT2D eigenvalue weighted by Gasteiger charge is -2.15. The van der Waals surface area contributed by atoms with Gasteiger partial charge >= 0.3 is 0 Å². The molecule has 0 unspecified atom stereocenters. The Hall–Kier alpha value is -2.52. The highest BCUT2D eigenvalue weighted by Crippen LogP contribution is 2.22. The van der Waals surface area contributed by atoms with Gasteiger partial charge in [-0.1, -0.05) is 35.9 Å². The minimum atomic E-state index is -3.55. The first-order valence-electron chi connectivity index (χ1n) is 10.2. The number of hydrogen-bond acceptors (Lipinski definition) is 6. The fourth-order valence-corrected chi connectivity index (χ4v) is 4.37. The van der Waals surface area contributed by atoms with E-state index in [1.54, 1.807) is 24.3 Å². The van der Waals surface area contributed by atoms with Gasteiger partial charge in [0.2, 0.25) is 10.0 Å². The highest BCUT2D eigenvalue weighted by molar-refractivity contribution is 7.89. The van der Waals surface area contributed by atoms with E-state index in [2.05, 4.69) is 20.0 Å². The van der Waals surface area contributed by atoms with Crippen LogP contribution in [-0.2, 0) is 27.7 Å². The molecule has 0 bridgehead atoms. The smallest absolute Gasteiger partial charge is 0.240 e. The van der Waals surface area contributed by atoms with E-state index in [4.69, 9.17) is 16.3 Å².